The number of aryl methyl sites for hydroxylation is 1. The summed E-state index contributed by atoms with van der Waals surface area (Å²) in [6.45, 7) is 6.66. The summed E-state index contributed by atoms with van der Waals surface area (Å²) in [4.78, 5) is 32.4. The number of halogens is 1. The molecule has 0 unspecified atom stereocenters. The Bertz CT molecular complexity index is 798. The van der Waals surface area contributed by atoms with Crippen molar-refractivity contribution < 1.29 is 4.79 Å². The predicted octanol–water partition coefficient (Wildman–Crippen LogP) is 2.46. The first-order chi connectivity index (χ1) is 12.6. The molecule has 0 atom stereocenters. The van der Waals surface area contributed by atoms with E-state index < -0.39 is 0 Å². The van der Waals surface area contributed by atoms with Crippen molar-refractivity contribution in [2.24, 2.45) is 0 Å². The van der Waals surface area contributed by atoms with Gasteiger partial charge in [0.05, 0.1) is 16.9 Å². The van der Waals surface area contributed by atoms with E-state index in [4.69, 9.17) is 11.6 Å². The second kappa shape index (κ2) is 7.36. The van der Waals surface area contributed by atoms with Crippen molar-refractivity contribution in [1.29, 1.82) is 0 Å². The lowest BCUT2D eigenvalue weighted by atomic mass is 10.2. The zero-order valence-corrected chi connectivity index (χ0v) is 16.3. The van der Waals surface area contributed by atoms with Crippen LogP contribution in [0.2, 0.25) is 5.02 Å². The standard InChI is InChI=1S/C17H21ClN6OS/c1-12-11-26-17(20-12)24-8-6-22(7-9-24)15(25)14-13(18)10-19-16(21-14)23-4-2-3-5-23/h10-11H,2-9H2,1H3. The van der Waals surface area contributed by atoms with Crippen molar-refractivity contribution >= 4 is 39.9 Å². The molecule has 0 aliphatic carbocycles. The van der Waals surface area contributed by atoms with Crippen LogP contribution in [0.25, 0.3) is 0 Å². The molecule has 0 radical (unpaired) electrons. The molecule has 4 heterocycles. The largest absolute Gasteiger partial charge is 0.345 e. The van der Waals surface area contributed by atoms with Gasteiger partial charge in [-0.25, -0.2) is 15.0 Å². The van der Waals surface area contributed by atoms with E-state index in [1.54, 1.807) is 17.5 Å². The van der Waals surface area contributed by atoms with E-state index in [1.807, 2.05) is 17.2 Å². The average molecular weight is 393 g/mol. The van der Waals surface area contributed by atoms with Crippen LogP contribution in [0.15, 0.2) is 11.6 Å². The zero-order valence-electron chi connectivity index (χ0n) is 14.7. The van der Waals surface area contributed by atoms with Gasteiger partial charge in [-0.1, -0.05) is 11.6 Å². The van der Waals surface area contributed by atoms with E-state index in [-0.39, 0.29) is 5.91 Å². The van der Waals surface area contributed by atoms with Crippen LogP contribution in [0.1, 0.15) is 29.0 Å². The molecule has 7 nitrogen and oxygen atoms in total. The van der Waals surface area contributed by atoms with Crippen molar-refractivity contribution in [2.45, 2.75) is 19.8 Å². The Morgan fingerprint density at radius 2 is 1.81 bits per heavy atom. The molecule has 0 aromatic carbocycles. The van der Waals surface area contributed by atoms with Crippen LogP contribution in [-0.4, -0.2) is 65.0 Å². The Morgan fingerprint density at radius 1 is 1.08 bits per heavy atom. The van der Waals surface area contributed by atoms with Crippen molar-refractivity contribution in [2.75, 3.05) is 49.1 Å². The van der Waals surface area contributed by atoms with Gasteiger partial charge in [0.1, 0.15) is 0 Å². The highest BCUT2D eigenvalue weighted by Gasteiger charge is 2.27. The highest BCUT2D eigenvalue weighted by atomic mass is 35.5. The maximum absolute atomic E-state index is 12.9. The normalized spacial score (nSPS) is 17.8. The molecular weight excluding hydrogens is 372 g/mol. The van der Waals surface area contributed by atoms with Crippen LogP contribution in [0.5, 0.6) is 0 Å². The summed E-state index contributed by atoms with van der Waals surface area (Å²) in [6, 6.07) is 0. The van der Waals surface area contributed by atoms with Gasteiger partial charge in [0.2, 0.25) is 5.95 Å². The van der Waals surface area contributed by atoms with Gasteiger partial charge in [0.15, 0.2) is 10.8 Å². The summed E-state index contributed by atoms with van der Waals surface area (Å²) in [5.74, 6) is 0.486. The van der Waals surface area contributed by atoms with E-state index in [1.165, 1.54) is 0 Å². The van der Waals surface area contributed by atoms with Crippen molar-refractivity contribution in [1.82, 2.24) is 19.9 Å². The zero-order chi connectivity index (χ0) is 18.1. The molecule has 138 valence electrons. The summed E-state index contributed by atoms with van der Waals surface area (Å²) >= 11 is 7.88. The predicted molar refractivity (Wildman–Crippen MR) is 103 cm³/mol. The highest BCUT2D eigenvalue weighted by molar-refractivity contribution is 7.13. The molecule has 2 aromatic heterocycles. The van der Waals surface area contributed by atoms with Crippen LogP contribution in [0.3, 0.4) is 0 Å². The third kappa shape index (κ3) is 3.48. The number of anilines is 2. The van der Waals surface area contributed by atoms with Gasteiger partial charge in [-0.05, 0) is 19.8 Å². The van der Waals surface area contributed by atoms with Gasteiger partial charge in [-0.15, -0.1) is 11.3 Å². The minimum Gasteiger partial charge on any atom is -0.345 e. The number of hydrogen-bond donors (Lipinski definition) is 0. The van der Waals surface area contributed by atoms with E-state index in [2.05, 4.69) is 24.8 Å². The molecule has 2 fully saturated rings. The Kier molecular flexibility index (Phi) is 4.95. The summed E-state index contributed by atoms with van der Waals surface area (Å²) < 4.78 is 0. The first kappa shape index (κ1) is 17.5. The number of carbonyl (C=O) groups excluding carboxylic acids is 1. The average Bonchev–Trinajstić information content (AvgIpc) is 3.34. The first-order valence-electron chi connectivity index (χ1n) is 8.85. The topological polar surface area (TPSA) is 65.5 Å². The monoisotopic (exact) mass is 392 g/mol. The van der Waals surface area contributed by atoms with Gasteiger partial charge in [-0.3, -0.25) is 4.79 Å². The summed E-state index contributed by atoms with van der Waals surface area (Å²) in [5.41, 5.74) is 1.34. The molecule has 4 rings (SSSR count). The van der Waals surface area contributed by atoms with E-state index in [9.17, 15) is 4.79 Å². The molecule has 2 aliphatic rings. The third-order valence-electron chi connectivity index (χ3n) is 4.77. The Labute approximate surface area is 161 Å². The van der Waals surface area contributed by atoms with E-state index >= 15 is 0 Å². The molecular formula is C17H21ClN6OS. The fourth-order valence-electron chi connectivity index (χ4n) is 3.31. The number of carbonyl (C=O) groups is 1. The first-order valence-corrected chi connectivity index (χ1v) is 10.1. The second-order valence-corrected chi connectivity index (χ2v) is 7.86. The van der Waals surface area contributed by atoms with Gasteiger partial charge in [0, 0.05) is 44.6 Å². The van der Waals surface area contributed by atoms with Crippen LogP contribution in [-0.2, 0) is 0 Å². The van der Waals surface area contributed by atoms with Crippen molar-refractivity contribution in [3.8, 4) is 0 Å². The Morgan fingerprint density at radius 3 is 2.46 bits per heavy atom. The molecule has 26 heavy (non-hydrogen) atoms. The maximum Gasteiger partial charge on any atom is 0.274 e. The lowest BCUT2D eigenvalue weighted by Crippen LogP contribution is -2.49. The highest BCUT2D eigenvalue weighted by Crippen LogP contribution is 2.24. The molecule has 2 aromatic rings. The van der Waals surface area contributed by atoms with Gasteiger partial charge in [-0.2, -0.15) is 0 Å². The summed E-state index contributed by atoms with van der Waals surface area (Å²) in [6.07, 6.45) is 3.81. The fourth-order valence-corrected chi connectivity index (χ4v) is 4.34. The Balaban J connectivity index is 1.45. The van der Waals surface area contributed by atoms with Crippen LogP contribution >= 0.6 is 22.9 Å². The van der Waals surface area contributed by atoms with E-state index in [0.717, 1.165) is 49.8 Å². The fraction of sp³-hybridized carbons (Fsp3) is 0.529. The number of nitrogens with zero attached hydrogens (tertiary/aromatic N) is 6. The second-order valence-electron chi connectivity index (χ2n) is 6.61. The quantitative estimate of drug-likeness (QED) is 0.799. The number of hydrogen-bond acceptors (Lipinski definition) is 7. The lowest BCUT2D eigenvalue weighted by Gasteiger charge is -2.34. The summed E-state index contributed by atoms with van der Waals surface area (Å²) in [7, 11) is 0. The maximum atomic E-state index is 12.9. The SMILES string of the molecule is Cc1csc(N2CCN(C(=O)c3nc(N4CCCC4)ncc3Cl)CC2)n1. The lowest BCUT2D eigenvalue weighted by molar-refractivity contribution is 0.0741. The number of piperazine rings is 1. The minimum atomic E-state index is -0.118. The molecule has 0 N–H and O–H groups in total. The molecule has 0 saturated carbocycles. The van der Waals surface area contributed by atoms with Gasteiger partial charge < -0.3 is 14.7 Å². The minimum absolute atomic E-state index is 0.118. The Hall–Kier alpha value is -1.93. The van der Waals surface area contributed by atoms with Crippen LogP contribution in [0.4, 0.5) is 11.1 Å². The van der Waals surface area contributed by atoms with E-state index in [0.29, 0.717) is 29.8 Å². The van der Waals surface area contributed by atoms with Crippen LogP contribution in [0, 0.1) is 6.92 Å². The van der Waals surface area contributed by atoms with Crippen molar-refractivity contribution in [3.63, 3.8) is 0 Å². The van der Waals surface area contributed by atoms with Gasteiger partial charge in [0.25, 0.3) is 5.91 Å². The summed E-state index contributed by atoms with van der Waals surface area (Å²) in [5, 5.41) is 3.38. The number of rotatable bonds is 3. The number of aromatic nitrogens is 3. The molecule has 2 aliphatic heterocycles. The van der Waals surface area contributed by atoms with Gasteiger partial charge >= 0.3 is 0 Å². The van der Waals surface area contributed by atoms with Crippen LogP contribution < -0.4 is 9.80 Å². The molecule has 0 spiro atoms. The molecule has 2 saturated heterocycles. The number of amides is 1. The molecule has 9 heteroatoms. The van der Waals surface area contributed by atoms with Crippen molar-refractivity contribution in [3.05, 3.63) is 28.0 Å². The smallest absolute Gasteiger partial charge is 0.274 e. The molecule has 1 amide bonds. The molecule has 0 bridgehead atoms. The number of thiazole rings is 1. The third-order valence-corrected chi connectivity index (χ3v) is 6.06.